The molecular formula is C23H21ClF2N2O3S. The summed E-state index contributed by atoms with van der Waals surface area (Å²) in [5.41, 5.74) is 0.710. The number of hydrogen-bond donors (Lipinski definition) is 0. The summed E-state index contributed by atoms with van der Waals surface area (Å²) < 4.78 is 38.1. The summed E-state index contributed by atoms with van der Waals surface area (Å²) in [6, 6.07) is 10.4. The molecule has 0 saturated carbocycles. The molecule has 2 aromatic carbocycles. The van der Waals surface area contributed by atoms with Crippen LogP contribution in [0, 0.1) is 11.6 Å². The van der Waals surface area contributed by atoms with E-state index in [0.717, 1.165) is 11.1 Å². The molecular weight excluding hydrogens is 458 g/mol. The van der Waals surface area contributed by atoms with Crippen LogP contribution in [-0.4, -0.2) is 35.0 Å². The number of thiazole rings is 1. The van der Waals surface area contributed by atoms with Gasteiger partial charge in [-0.05, 0) is 36.4 Å². The van der Waals surface area contributed by atoms with Crippen molar-refractivity contribution in [3.8, 4) is 11.5 Å². The number of carbonyl (C=O) groups is 1. The summed E-state index contributed by atoms with van der Waals surface area (Å²) in [4.78, 5) is 18.9. The van der Waals surface area contributed by atoms with E-state index in [0.29, 0.717) is 49.0 Å². The molecule has 1 saturated heterocycles. The largest absolute Gasteiger partial charge is 0.487 e. The molecule has 0 radical (unpaired) electrons. The third kappa shape index (κ3) is 5.95. The number of rotatable bonds is 7. The number of piperidine rings is 1. The minimum atomic E-state index is -0.720. The van der Waals surface area contributed by atoms with Gasteiger partial charge in [-0.15, -0.1) is 11.3 Å². The van der Waals surface area contributed by atoms with Crippen molar-refractivity contribution >= 4 is 28.8 Å². The fourth-order valence-electron chi connectivity index (χ4n) is 3.41. The average molecular weight is 479 g/mol. The minimum absolute atomic E-state index is 0.00752. The van der Waals surface area contributed by atoms with Gasteiger partial charge in [-0.1, -0.05) is 11.6 Å². The maximum Gasteiger partial charge on any atom is 0.228 e. The number of hydrogen-bond acceptors (Lipinski definition) is 5. The van der Waals surface area contributed by atoms with Crippen molar-refractivity contribution in [2.45, 2.75) is 32.0 Å². The van der Waals surface area contributed by atoms with Gasteiger partial charge in [0.05, 0.1) is 12.1 Å². The summed E-state index contributed by atoms with van der Waals surface area (Å²) >= 11 is 7.31. The van der Waals surface area contributed by atoms with Crippen molar-refractivity contribution in [3.63, 3.8) is 0 Å². The number of amides is 1. The molecule has 1 aromatic heterocycles. The first-order valence-corrected chi connectivity index (χ1v) is 11.4. The van der Waals surface area contributed by atoms with Crippen LogP contribution in [0.1, 0.15) is 23.5 Å². The van der Waals surface area contributed by atoms with E-state index in [9.17, 15) is 13.6 Å². The van der Waals surface area contributed by atoms with Gasteiger partial charge in [0.1, 0.15) is 29.3 Å². The summed E-state index contributed by atoms with van der Waals surface area (Å²) in [6.45, 7) is 1.36. The van der Waals surface area contributed by atoms with E-state index in [-0.39, 0.29) is 24.2 Å². The van der Waals surface area contributed by atoms with Gasteiger partial charge in [0.2, 0.25) is 5.91 Å². The first kappa shape index (κ1) is 22.5. The topological polar surface area (TPSA) is 51.7 Å². The van der Waals surface area contributed by atoms with Crippen LogP contribution in [0.15, 0.2) is 47.8 Å². The van der Waals surface area contributed by atoms with Crippen molar-refractivity contribution in [2.24, 2.45) is 0 Å². The highest BCUT2D eigenvalue weighted by atomic mass is 35.5. The molecule has 1 fully saturated rings. The van der Waals surface area contributed by atoms with Gasteiger partial charge in [-0.25, -0.2) is 13.8 Å². The van der Waals surface area contributed by atoms with Crippen LogP contribution in [0.3, 0.4) is 0 Å². The second kappa shape index (κ2) is 10.3. The molecule has 0 unspecified atom stereocenters. The zero-order valence-electron chi connectivity index (χ0n) is 17.1. The summed E-state index contributed by atoms with van der Waals surface area (Å²) in [7, 11) is 0. The zero-order valence-corrected chi connectivity index (χ0v) is 18.7. The molecule has 1 aliphatic rings. The molecule has 1 aliphatic heterocycles. The summed E-state index contributed by atoms with van der Waals surface area (Å²) in [6.07, 6.45) is 1.17. The lowest BCUT2D eigenvalue weighted by Gasteiger charge is -2.32. The fourth-order valence-corrected chi connectivity index (χ4v) is 4.24. The number of ether oxygens (including phenoxy) is 2. The molecule has 5 nitrogen and oxygen atoms in total. The third-order valence-corrected chi connectivity index (χ3v) is 6.21. The highest BCUT2D eigenvalue weighted by molar-refractivity contribution is 7.09. The maximum absolute atomic E-state index is 13.8. The van der Waals surface area contributed by atoms with Crippen molar-refractivity contribution in [3.05, 3.63) is 75.2 Å². The van der Waals surface area contributed by atoms with Gasteiger partial charge in [0.25, 0.3) is 0 Å². The lowest BCUT2D eigenvalue weighted by molar-refractivity contribution is -0.132. The monoisotopic (exact) mass is 478 g/mol. The van der Waals surface area contributed by atoms with E-state index in [1.807, 2.05) is 5.38 Å². The average Bonchev–Trinajstić information content (AvgIpc) is 3.23. The summed E-state index contributed by atoms with van der Waals surface area (Å²) in [5, 5.41) is 3.30. The van der Waals surface area contributed by atoms with Crippen LogP contribution in [0.5, 0.6) is 11.5 Å². The Bertz CT molecular complexity index is 1070. The van der Waals surface area contributed by atoms with Gasteiger partial charge >= 0.3 is 0 Å². The Kier molecular flexibility index (Phi) is 7.22. The van der Waals surface area contributed by atoms with E-state index in [1.54, 1.807) is 29.2 Å². The molecule has 0 aliphatic carbocycles. The van der Waals surface area contributed by atoms with Crippen molar-refractivity contribution < 1.29 is 23.0 Å². The standard InChI is InChI=1S/C23H21ClF2N2O3S/c24-15-1-4-18(5-2-15)30-13-22-27-17(14-32-22)12-23(29)28-9-7-19(8-10-28)31-21-6-3-16(25)11-20(21)26/h1-6,11,14,19H,7-10,12-13H2. The van der Waals surface area contributed by atoms with Crippen molar-refractivity contribution in [1.29, 1.82) is 0 Å². The maximum atomic E-state index is 13.8. The van der Waals surface area contributed by atoms with Crippen LogP contribution in [0.25, 0.3) is 0 Å². The number of halogens is 3. The predicted molar refractivity (Wildman–Crippen MR) is 118 cm³/mol. The van der Waals surface area contributed by atoms with Crippen molar-refractivity contribution in [2.75, 3.05) is 13.1 Å². The molecule has 3 aromatic rings. The van der Waals surface area contributed by atoms with Crippen molar-refractivity contribution in [1.82, 2.24) is 9.88 Å². The normalized spacial score (nSPS) is 14.4. The van der Waals surface area contributed by atoms with Gasteiger partial charge < -0.3 is 14.4 Å². The van der Waals surface area contributed by atoms with Gasteiger partial charge in [0.15, 0.2) is 11.6 Å². The smallest absolute Gasteiger partial charge is 0.228 e. The quantitative estimate of drug-likeness (QED) is 0.464. The Morgan fingerprint density at radius 3 is 2.62 bits per heavy atom. The minimum Gasteiger partial charge on any atom is -0.487 e. The first-order valence-electron chi connectivity index (χ1n) is 10.2. The number of carbonyl (C=O) groups excluding carboxylic acids is 1. The molecule has 32 heavy (non-hydrogen) atoms. The number of likely N-dealkylation sites (tertiary alicyclic amines) is 1. The number of aromatic nitrogens is 1. The molecule has 1 amide bonds. The Balaban J connectivity index is 1.23. The molecule has 0 bridgehead atoms. The van der Waals surface area contributed by atoms with E-state index in [1.165, 1.54) is 23.5 Å². The highest BCUT2D eigenvalue weighted by Crippen LogP contribution is 2.23. The lowest BCUT2D eigenvalue weighted by Crippen LogP contribution is -2.42. The molecule has 9 heteroatoms. The third-order valence-electron chi connectivity index (χ3n) is 5.09. The Morgan fingerprint density at radius 2 is 1.91 bits per heavy atom. The zero-order chi connectivity index (χ0) is 22.5. The second-order valence-corrected chi connectivity index (χ2v) is 8.80. The number of nitrogens with zero attached hydrogens (tertiary/aromatic N) is 2. The molecule has 168 valence electrons. The predicted octanol–water partition coefficient (Wildman–Crippen LogP) is 5.27. The molecule has 0 N–H and O–H groups in total. The van der Waals surface area contributed by atoms with E-state index >= 15 is 0 Å². The van der Waals surface area contributed by atoms with Crippen LogP contribution in [-0.2, 0) is 17.8 Å². The molecule has 2 heterocycles. The molecule has 0 atom stereocenters. The second-order valence-electron chi connectivity index (χ2n) is 7.42. The Hall–Kier alpha value is -2.71. The van der Waals surface area contributed by atoms with Crippen LogP contribution in [0.2, 0.25) is 5.02 Å². The SMILES string of the molecule is O=C(Cc1csc(COc2ccc(Cl)cc2)n1)N1CCC(Oc2ccc(F)cc2F)CC1. The number of benzene rings is 2. The van der Waals surface area contributed by atoms with E-state index < -0.39 is 11.6 Å². The van der Waals surface area contributed by atoms with Gasteiger partial charge in [-0.3, -0.25) is 4.79 Å². The van der Waals surface area contributed by atoms with Crippen LogP contribution >= 0.6 is 22.9 Å². The Labute approximate surface area is 193 Å². The lowest BCUT2D eigenvalue weighted by atomic mass is 10.1. The van der Waals surface area contributed by atoms with Gasteiger partial charge in [-0.2, -0.15) is 0 Å². The molecule has 0 spiro atoms. The fraction of sp³-hybridized carbons (Fsp3) is 0.304. The van der Waals surface area contributed by atoms with E-state index in [2.05, 4.69) is 4.98 Å². The summed E-state index contributed by atoms with van der Waals surface area (Å²) in [5.74, 6) is -0.633. The molecule has 4 rings (SSSR count). The van der Waals surface area contributed by atoms with E-state index in [4.69, 9.17) is 21.1 Å². The van der Waals surface area contributed by atoms with Crippen LogP contribution in [0.4, 0.5) is 8.78 Å². The Morgan fingerprint density at radius 1 is 1.16 bits per heavy atom. The highest BCUT2D eigenvalue weighted by Gasteiger charge is 2.25. The first-order chi connectivity index (χ1) is 15.5. The van der Waals surface area contributed by atoms with Gasteiger partial charge in [0, 0.05) is 42.4 Å². The van der Waals surface area contributed by atoms with Crippen LogP contribution < -0.4 is 9.47 Å².